The highest BCUT2D eigenvalue weighted by Crippen LogP contribution is 2.23. The van der Waals surface area contributed by atoms with Crippen LogP contribution in [0.5, 0.6) is 5.75 Å². The second-order valence-electron chi connectivity index (χ2n) is 5.45. The number of nitrogens with zero attached hydrogens (tertiary/aromatic N) is 1. The van der Waals surface area contributed by atoms with Crippen molar-refractivity contribution in [3.8, 4) is 11.8 Å². The average molecular weight is 355 g/mol. The number of carbonyl (C=O) groups excluding carboxylic acids is 1. The summed E-state index contributed by atoms with van der Waals surface area (Å²) >= 11 is 6.05. The predicted octanol–water partition coefficient (Wildman–Crippen LogP) is 4.98. The van der Waals surface area contributed by atoms with Gasteiger partial charge in [0.1, 0.15) is 17.4 Å². The molecular weight excluding hydrogens is 336 g/mol. The highest BCUT2D eigenvalue weighted by atomic mass is 35.5. The van der Waals surface area contributed by atoms with Crippen LogP contribution in [0.1, 0.15) is 24.5 Å². The van der Waals surface area contributed by atoms with E-state index in [9.17, 15) is 10.1 Å². The van der Waals surface area contributed by atoms with Gasteiger partial charge in [-0.1, -0.05) is 36.7 Å². The number of carbonyl (C=O) groups is 1. The van der Waals surface area contributed by atoms with Crippen LogP contribution in [0.4, 0.5) is 5.69 Å². The topological polar surface area (TPSA) is 62.1 Å². The Labute approximate surface area is 152 Å². The van der Waals surface area contributed by atoms with Gasteiger partial charge in [0.05, 0.1) is 6.61 Å². The van der Waals surface area contributed by atoms with Crippen LogP contribution < -0.4 is 10.1 Å². The summed E-state index contributed by atoms with van der Waals surface area (Å²) in [5, 5.41) is 12.6. The molecule has 0 radical (unpaired) electrons. The van der Waals surface area contributed by atoms with Gasteiger partial charge in [-0.15, -0.1) is 0 Å². The number of benzene rings is 2. The van der Waals surface area contributed by atoms with Crippen LogP contribution in [-0.2, 0) is 4.79 Å². The van der Waals surface area contributed by atoms with Crippen LogP contribution in [0.2, 0.25) is 5.02 Å². The Hall–Kier alpha value is -2.77. The molecule has 0 heterocycles. The van der Waals surface area contributed by atoms with Crippen molar-refractivity contribution >= 4 is 29.3 Å². The Balaban J connectivity index is 2.15. The summed E-state index contributed by atoms with van der Waals surface area (Å²) in [6, 6.07) is 14.4. The summed E-state index contributed by atoms with van der Waals surface area (Å²) < 4.78 is 5.51. The maximum absolute atomic E-state index is 12.4. The zero-order valence-corrected chi connectivity index (χ0v) is 14.9. The largest absolute Gasteiger partial charge is 0.494 e. The number of halogens is 1. The summed E-state index contributed by atoms with van der Waals surface area (Å²) in [7, 11) is 0. The van der Waals surface area contributed by atoms with Crippen LogP contribution in [0.3, 0.4) is 0 Å². The Morgan fingerprint density at radius 3 is 2.64 bits per heavy atom. The van der Waals surface area contributed by atoms with E-state index < -0.39 is 5.91 Å². The molecule has 2 aromatic carbocycles. The minimum Gasteiger partial charge on any atom is -0.494 e. The quantitative estimate of drug-likeness (QED) is 0.587. The molecule has 0 unspecified atom stereocenters. The molecule has 0 atom stereocenters. The van der Waals surface area contributed by atoms with Gasteiger partial charge < -0.3 is 10.1 Å². The van der Waals surface area contributed by atoms with Gasteiger partial charge in [-0.05, 0) is 54.8 Å². The first kappa shape index (κ1) is 18.6. The van der Waals surface area contributed by atoms with Gasteiger partial charge in [-0.25, -0.2) is 0 Å². The highest BCUT2D eigenvalue weighted by molar-refractivity contribution is 6.31. The number of hydrogen-bond acceptors (Lipinski definition) is 3. The predicted molar refractivity (Wildman–Crippen MR) is 101 cm³/mol. The molecule has 0 aliphatic rings. The van der Waals surface area contributed by atoms with E-state index >= 15 is 0 Å². The van der Waals surface area contributed by atoms with Gasteiger partial charge in [-0.3, -0.25) is 4.79 Å². The summed E-state index contributed by atoms with van der Waals surface area (Å²) in [6.45, 7) is 4.50. The van der Waals surface area contributed by atoms with Gasteiger partial charge in [0, 0.05) is 10.7 Å². The summed E-state index contributed by atoms with van der Waals surface area (Å²) in [4.78, 5) is 12.4. The zero-order chi connectivity index (χ0) is 18.2. The molecule has 2 rings (SSSR count). The second kappa shape index (κ2) is 8.91. The van der Waals surface area contributed by atoms with Gasteiger partial charge in [-0.2, -0.15) is 5.26 Å². The molecule has 1 amide bonds. The van der Waals surface area contributed by atoms with E-state index in [1.165, 1.54) is 0 Å². The molecule has 0 spiro atoms. The van der Waals surface area contributed by atoms with E-state index in [-0.39, 0.29) is 5.57 Å². The van der Waals surface area contributed by atoms with Gasteiger partial charge >= 0.3 is 0 Å². The molecule has 0 aliphatic heterocycles. The fourth-order valence-corrected chi connectivity index (χ4v) is 2.30. The number of rotatable bonds is 6. The first-order chi connectivity index (χ1) is 12.0. The molecule has 0 aliphatic carbocycles. The van der Waals surface area contributed by atoms with Crippen molar-refractivity contribution in [3.05, 3.63) is 64.2 Å². The second-order valence-corrected chi connectivity index (χ2v) is 5.86. The Morgan fingerprint density at radius 1 is 1.28 bits per heavy atom. The maximum atomic E-state index is 12.4. The van der Waals surface area contributed by atoms with E-state index in [4.69, 9.17) is 16.3 Å². The molecule has 5 heteroatoms. The lowest BCUT2D eigenvalue weighted by Crippen LogP contribution is -2.14. The van der Waals surface area contributed by atoms with Gasteiger partial charge in [0.15, 0.2) is 0 Å². The van der Waals surface area contributed by atoms with Gasteiger partial charge in [0.2, 0.25) is 0 Å². The molecule has 0 saturated carbocycles. The SMILES string of the molecule is CCCOc1ccc(/C=C(\C#N)C(=O)Nc2cccc(Cl)c2C)cc1. The number of nitrogens with one attached hydrogen (secondary N) is 1. The lowest BCUT2D eigenvalue weighted by atomic mass is 10.1. The normalized spacial score (nSPS) is 10.9. The standard InChI is InChI=1S/C20H19ClN2O2/c1-3-11-25-17-9-7-15(8-10-17)12-16(13-22)20(24)23-19-6-4-5-18(21)14(19)2/h4-10,12H,3,11H2,1-2H3,(H,23,24)/b16-12+. The highest BCUT2D eigenvalue weighted by Gasteiger charge is 2.11. The summed E-state index contributed by atoms with van der Waals surface area (Å²) in [5.74, 6) is 0.288. The van der Waals surface area contributed by atoms with Crippen molar-refractivity contribution in [1.29, 1.82) is 5.26 Å². The van der Waals surface area contributed by atoms with Crippen molar-refractivity contribution in [2.24, 2.45) is 0 Å². The first-order valence-corrected chi connectivity index (χ1v) is 8.34. The van der Waals surface area contributed by atoms with Crippen molar-refractivity contribution in [1.82, 2.24) is 0 Å². The van der Waals surface area contributed by atoms with Gasteiger partial charge in [0.25, 0.3) is 5.91 Å². The molecule has 128 valence electrons. The van der Waals surface area contributed by atoms with Crippen LogP contribution in [-0.4, -0.2) is 12.5 Å². The molecule has 25 heavy (non-hydrogen) atoms. The number of anilines is 1. The monoisotopic (exact) mass is 354 g/mol. The third kappa shape index (κ3) is 5.10. The Morgan fingerprint density at radius 2 is 2.00 bits per heavy atom. The third-order valence-electron chi connectivity index (χ3n) is 3.54. The van der Waals surface area contributed by atoms with Crippen molar-refractivity contribution in [2.45, 2.75) is 20.3 Å². The minimum atomic E-state index is -0.473. The molecule has 0 saturated heterocycles. The first-order valence-electron chi connectivity index (χ1n) is 7.96. The molecular formula is C20H19ClN2O2. The van der Waals surface area contributed by atoms with Crippen LogP contribution in [0.15, 0.2) is 48.0 Å². The number of ether oxygens (including phenoxy) is 1. The van der Waals surface area contributed by atoms with E-state index in [0.29, 0.717) is 17.3 Å². The van der Waals surface area contributed by atoms with Crippen molar-refractivity contribution in [2.75, 3.05) is 11.9 Å². The molecule has 4 nitrogen and oxygen atoms in total. The summed E-state index contributed by atoms with van der Waals surface area (Å²) in [5.41, 5.74) is 2.11. The third-order valence-corrected chi connectivity index (χ3v) is 3.95. The molecule has 0 fully saturated rings. The zero-order valence-electron chi connectivity index (χ0n) is 14.2. The minimum absolute atomic E-state index is 0.0154. The molecule has 2 aromatic rings. The lowest BCUT2D eigenvalue weighted by Gasteiger charge is -2.09. The van der Waals surface area contributed by atoms with E-state index in [1.54, 1.807) is 36.4 Å². The lowest BCUT2D eigenvalue weighted by molar-refractivity contribution is -0.112. The van der Waals surface area contributed by atoms with E-state index in [1.807, 2.05) is 32.0 Å². The maximum Gasteiger partial charge on any atom is 0.266 e. The Kier molecular flexibility index (Phi) is 6.62. The number of nitriles is 1. The van der Waals surface area contributed by atoms with Crippen LogP contribution in [0, 0.1) is 18.3 Å². The fourth-order valence-electron chi connectivity index (χ4n) is 2.13. The summed E-state index contributed by atoms with van der Waals surface area (Å²) in [6.07, 6.45) is 2.47. The number of amides is 1. The fraction of sp³-hybridized carbons (Fsp3) is 0.200. The van der Waals surface area contributed by atoms with E-state index in [0.717, 1.165) is 23.3 Å². The molecule has 0 aromatic heterocycles. The molecule has 1 N–H and O–H groups in total. The van der Waals surface area contributed by atoms with Crippen molar-refractivity contribution in [3.63, 3.8) is 0 Å². The molecule has 0 bridgehead atoms. The van der Waals surface area contributed by atoms with E-state index in [2.05, 4.69) is 5.32 Å². The van der Waals surface area contributed by atoms with Crippen LogP contribution >= 0.6 is 11.6 Å². The Bertz CT molecular complexity index is 821. The van der Waals surface area contributed by atoms with Crippen LogP contribution in [0.25, 0.3) is 6.08 Å². The smallest absolute Gasteiger partial charge is 0.266 e. The van der Waals surface area contributed by atoms with Crippen molar-refractivity contribution < 1.29 is 9.53 Å². The number of hydrogen-bond donors (Lipinski definition) is 1. The average Bonchev–Trinajstić information content (AvgIpc) is 2.62.